The minimum atomic E-state index is -4.37. The average Bonchev–Trinajstić information content (AvgIpc) is 2.85. The summed E-state index contributed by atoms with van der Waals surface area (Å²) in [6, 6.07) is 15.7. The summed E-state index contributed by atoms with van der Waals surface area (Å²) >= 11 is 0. The first-order valence-electron chi connectivity index (χ1n) is 11.4. The fourth-order valence-corrected chi connectivity index (χ4v) is 3.84. The van der Waals surface area contributed by atoms with Gasteiger partial charge in [0.15, 0.2) is 11.5 Å². The molecule has 35 heavy (non-hydrogen) atoms. The molecule has 0 N–H and O–H groups in total. The molecule has 6 nitrogen and oxygen atoms in total. The van der Waals surface area contributed by atoms with Crippen LogP contribution in [0.3, 0.4) is 0 Å². The highest BCUT2D eigenvalue weighted by Gasteiger charge is 2.30. The molecule has 1 amide bonds. The highest BCUT2D eigenvalue weighted by molar-refractivity contribution is 5.96. The zero-order valence-corrected chi connectivity index (χ0v) is 19.3. The molecule has 0 fully saturated rings. The summed E-state index contributed by atoms with van der Waals surface area (Å²) in [5.74, 6) is 0.949. The second-order valence-electron chi connectivity index (χ2n) is 8.11. The van der Waals surface area contributed by atoms with Crippen LogP contribution < -0.4 is 9.47 Å². The maximum atomic E-state index is 13.3. The van der Waals surface area contributed by atoms with Gasteiger partial charge in [-0.1, -0.05) is 24.3 Å². The van der Waals surface area contributed by atoms with Gasteiger partial charge in [-0.2, -0.15) is 13.2 Å². The lowest BCUT2D eigenvalue weighted by molar-refractivity contribution is -0.137. The number of fused-ring (bicyclic) bond motifs is 2. The molecule has 0 saturated heterocycles. The van der Waals surface area contributed by atoms with E-state index in [0.717, 1.165) is 17.7 Å². The summed E-state index contributed by atoms with van der Waals surface area (Å²) in [7, 11) is 0. The van der Waals surface area contributed by atoms with Gasteiger partial charge < -0.3 is 14.4 Å². The van der Waals surface area contributed by atoms with Crippen molar-refractivity contribution in [2.75, 3.05) is 32.8 Å². The number of amides is 1. The van der Waals surface area contributed by atoms with Crippen LogP contribution in [0.5, 0.6) is 17.4 Å². The number of rotatable bonds is 3. The van der Waals surface area contributed by atoms with Crippen LogP contribution in [0.15, 0.2) is 66.9 Å². The molecule has 2 heterocycles. The van der Waals surface area contributed by atoms with Crippen LogP contribution in [-0.2, 0) is 12.7 Å². The van der Waals surface area contributed by atoms with Crippen LogP contribution in [-0.4, -0.2) is 53.5 Å². The maximum absolute atomic E-state index is 13.3. The Morgan fingerprint density at radius 3 is 2.40 bits per heavy atom. The second-order valence-corrected chi connectivity index (χ2v) is 8.11. The Morgan fingerprint density at radius 2 is 1.69 bits per heavy atom. The summed E-state index contributed by atoms with van der Waals surface area (Å²) in [4.78, 5) is 21.4. The fraction of sp³-hybridized carbons (Fsp3) is 0.308. The fourth-order valence-electron chi connectivity index (χ4n) is 3.84. The third-order valence-electron chi connectivity index (χ3n) is 5.76. The number of pyridine rings is 1. The van der Waals surface area contributed by atoms with Crippen molar-refractivity contribution in [3.8, 4) is 17.4 Å². The number of hydrogen-bond acceptors (Lipinski definition) is 5. The number of aromatic nitrogens is 1. The molecule has 1 aliphatic heterocycles. The van der Waals surface area contributed by atoms with E-state index in [9.17, 15) is 18.0 Å². The van der Waals surface area contributed by atoms with Crippen molar-refractivity contribution in [1.82, 2.24) is 14.8 Å². The van der Waals surface area contributed by atoms with Crippen LogP contribution in [0, 0.1) is 0 Å². The number of halogens is 3. The van der Waals surface area contributed by atoms with Gasteiger partial charge in [-0.05, 0) is 48.9 Å². The van der Waals surface area contributed by atoms with Gasteiger partial charge in [-0.15, -0.1) is 0 Å². The van der Waals surface area contributed by atoms with Gasteiger partial charge in [0.05, 0.1) is 5.56 Å². The number of hydrogen-bond donors (Lipinski definition) is 0. The van der Waals surface area contributed by atoms with Crippen molar-refractivity contribution in [1.29, 1.82) is 0 Å². The Bertz CT molecular complexity index is 1150. The number of carbonyl (C=O) groups excluding carboxylic acids is 1. The van der Waals surface area contributed by atoms with E-state index in [2.05, 4.69) is 9.88 Å². The first-order chi connectivity index (χ1) is 16.8. The lowest BCUT2D eigenvalue weighted by Gasteiger charge is -2.27. The maximum Gasteiger partial charge on any atom is 0.416 e. The molecule has 0 radical (unpaired) electrons. The molecule has 9 heteroatoms. The van der Waals surface area contributed by atoms with Gasteiger partial charge in [-0.3, -0.25) is 9.69 Å². The first-order valence-corrected chi connectivity index (χ1v) is 11.4. The van der Waals surface area contributed by atoms with Crippen LogP contribution in [0.1, 0.15) is 28.4 Å². The monoisotopic (exact) mass is 485 g/mol. The number of para-hydroxylation sites is 2. The standard InChI is InChI=1S/C26H26F3N3O3/c1-2-32-15-14-31(18-19-9-11-20(12-10-19)26(27,28)29)16-17-34-22-7-3-4-8-23(22)35-24-21(25(32)33)6-5-13-30-24/h3-13H,2,14-18H2,1H3. The van der Waals surface area contributed by atoms with Crippen molar-refractivity contribution in [2.45, 2.75) is 19.6 Å². The number of alkyl halides is 3. The van der Waals surface area contributed by atoms with Gasteiger partial charge in [0.2, 0.25) is 5.88 Å². The van der Waals surface area contributed by atoms with Crippen LogP contribution >= 0.6 is 0 Å². The Kier molecular flexibility index (Phi) is 7.55. The predicted octanol–water partition coefficient (Wildman–Crippen LogP) is 5.25. The van der Waals surface area contributed by atoms with E-state index in [0.29, 0.717) is 56.4 Å². The van der Waals surface area contributed by atoms with E-state index in [1.807, 2.05) is 13.0 Å². The SMILES string of the molecule is CCN1CCN(Cc2ccc(C(F)(F)F)cc2)CCOc2ccccc2Oc2ncccc2C1=O. The van der Waals surface area contributed by atoms with Crippen LogP contribution in [0.2, 0.25) is 0 Å². The van der Waals surface area contributed by atoms with E-state index < -0.39 is 11.7 Å². The lowest BCUT2D eigenvalue weighted by Crippen LogP contribution is -2.39. The summed E-state index contributed by atoms with van der Waals surface area (Å²) in [5.41, 5.74) is 0.411. The van der Waals surface area contributed by atoms with E-state index in [-0.39, 0.29) is 11.8 Å². The highest BCUT2D eigenvalue weighted by atomic mass is 19.4. The number of likely N-dealkylation sites (N-methyl/N-ethyl adjacent to an activating group) is 1. The molecular weight excluding hydrogens is 459 g/mol. The molecule has 0 aliphatic carbocycles. The zero-order chi connectivity index (χ0) is 24.8. The van der Waals surface area contributed by atoms with E-state index in [1.165, 1.54) is 12.1 Å². The number of benzene rings is 2. The number of nitrogens with zero attached hydrogens (tertiary/aromatic N) is 3. The Hall–Kier alpha value is -3.59. The van der Waals surface area contributed by atoms with Gasteiger partial charge in [0, 0.05) is 38.9 Å². The molecule has 184 valence electrons. The normalized spacial score (nSPS) is 15.5. The molecule has 0 bridgehead atoms. The largest absolute Gasteiger partial charge is 0.488 e. The molecule has 0 saturated carbocycles. The van der Waals surface area contributed by atoms with E-state index in [1.54, 1.807) is 41.4 Å². The van der Waals surface area contributed by atoms with E-state index >= 15 is 0 Å². The minimum Gasteiger partial charge on any atom is -0.488 e. The molecule has 0 spiro atoms. The second kappa shape index (κ2) is 10.8. The topological polar surface area (TPSA) is 54.9 Å². The minimum absolute atomic E-state index is 0.202. The predicted molar refractivity (Wildman–Crippen MR) is 125 cm³/mol. The molecular formula is C26H26F3N3O3. The molecule has 1 aromatic heterocycles. The van der Waals surface area contributed by atoms with Crippen molar-refractivity contribution >= 4 is 5.91 Å². The number of carbonyl (C=O) groups is 1. The first kappa shape index (κ1) is 24.5. The quantitative estimate of drug-likeness (QED) is 0.507. The van der Waals surface area contributed by atoms with Gasteiger partial charge in [0.1, 0.15) is 12.2 Å². The highest BCUT2D eigenvalue weighted by Crippen LogP contribution is 2.33. The Morgan fingerprint density at radius 1 is 0.943 bits per heavy atom. The van der Waals surface area contributed by atoms with E-state index in [4.69, 9.17) is 9.47 Å². The van der Waals surface area contributed by atoms with Crippen molar-refractivity contribution < 1.29 is 27.4 Å². The Balaban J connectivity index is 1.60. The molecule has 4 rings (SSSR count). The van der Waals surface area contributed by atoms with Crippen molar-refractivity contribution in [3.63, 3.8) is 0 Å². The lowest BCUT2D eigenvalue weighted by atomic mass is 10.1. The summed E-state index contributed by atoms with van der Waals surface area (Å²) in [6.07, 6.45) is -2.81. The van der Waals surface area contributed by atoms with Crippen molar-refractivity contribution in [2.24, 2.45) is 0 Å². The smallest absolute Gasteiger partial charge is 0.416 e. The summed E-state index contributed by atoms with van der Waals surface area (Å²) in [6.45, 7) is 4.57. The molecule has 0 atom stereocenters. The summed E-state index contributed by atoms with van der Waals surface area (Å²) in [5, 5.41) is 0. The van der Waals surface area contributed by atoms with Gasteiger partial charge in [0.25, 0.3) is 5.91 Å². The third-order valence-corrected chi connectivity index (χ3v) is 5.76. The third kappa shape index (κ3) is 6.10. The van der Waals surface area contributed by atoms with Crippen LogP contribution in [0.4, 0.5) is 13.2 Å². The van der Waals surface area contributed by atoms with Gasteiger partial charge in [-0.25, -0.2) is 4.98 Å². The summed E-state index contributed by atoms with van der Waals surface area (Å²) < 4.78 is 50.8. The van der Waals surface area contributed by atoms with Crippen LogP contribution in [0.25, 0.3) is 0 Å². The zero-order valence-electron chi connectivity index (χ0n) is 19.3. The van der Waals surface area contributed by atoms with Crippen molar-refractivity contribution in [3.05, 3.63) is 83.6 Å². The molecule has 1 aliphatic rings. The molecule has 2 aromatic carbocycles. The average molecular weight is 486 g/mol. The number of ether oxygens (including phenoxy) is 2. The molecule has 0 unspecified atom stereocenters. The Labute approximate surface area is 201 Å². The van der Waals surface area contributed by atoms with Gasteiger partial charge >= 0.3 is 6.18 Å². The molecule has 3 aromatic rings.